The third kappa shape index (κ3) is 5.67. The number of piperidine rings is 1. The summed E-state index contributed by atoms with van der Waals surface area (Å²) < 4.78 is 0. The van der Waals surface area contributed by atoms with Crippen LogP contribution in [0.4, 0.5) is 11.4 Å². The largest absolute Gasteiger partial charge is 0.366 e. The molecule has 1 N–H and O–H groups in total. The summed E-state index contributed by atoms with van der Waals surface area (Å²) in [6.07, 6.45) is 3.13. The highest BCUT2D eigenvalue weighted by molar-refractivity contribution is 5.97. The van der Waals surface area contributed by atoms with E-state index >= 15 is 0 Å². The molecule has 27 heavy (non-hydrogen) atoms. The quantitative estimate of drug-likeness (QED) is 0.629. The fourth-order valence-corrected chi connectivity index (χ4v) is 3.17. The van der Waals surface area contributed by atoms with Crippen molar-refractivity contribution < 1.29 is 14.5 Å². The molecule has 0 unspecified atom stereocenters. The molecule has 2 rings (SSSR count). The molecule has 1 aliphatic rings. The van der Waals surface area contributed by atoms with Crippen LogP contribution in [-0.4, -0.2) is 53.9 Å². The minimum Gasteiger partial charge on any atom is -0.366 e. The molecule has 1 saturated heterocycles. The van der Waals surface area contributed by atoms with Gasteiger partial charge in [0.1, 0.15) is 5.69 Å². The Hall–Kier alpha value is -2.64. The summed E-state index contributed by atoms with van der Waals surface area (Å²) in [5, 5.41) is 14.3. The Morgan fingerprint density at radius 3 is 2.41 bits per heavy atom. The van der Waals surface area contributed by atoms with Gasteiger partial charge in [0.05, 0.1) is 11.5 Å². The van der Waals surface area contributed by atoms with Crippen LogP contribution >= 0.6 is 0 Å². The van der Waals surface area contributed by atoms with Gasteiger partial charge in [0.2, 0.25) is 5.91 Å². The molecule has 0 aromatic heterocycles. The van der Waals surface area contributed by atoms with E-state index in [1.165, 1.54) is 18.0 Å². The van der Waals surface area contributed by atoms with E-state index in [0.717, 1.165) is 32.4 Å². The van der Waals surface area contributed by atoms with Crippen LogP contribution in [0.15, 0.2) is 18.2 Å². The topological polar surface area (TPSA) is 95.8 Å². The van der Waals surface area contributed by atoms with Gasteiger partial charge in [0.25, 0.3) is 11.6 Å². The average molecular weight is 376 g/mol. The van der Waals surface area contributed by atoms with Gasteiger partial charge in [0.15, 0.2) is 0 Å². The van der Waals surface area contributed by atoms with Gasteiger partial charge in [-0.3, -0.25) is 19.7 Å². The minimum absolute atomic E-state index is 0.0738. The van der Waals surface area contributed by atoms with E-state index < -0.39 is 16.4 Å². The van der Waals surface area contributed by atoms with E-state index in [0.29, 0.717) is 5.69 Å². The molecule has 0 spiro atoms. The monoisotopic (exact) mass is 376 g/mol. The average Bonchev–Trinajstić information content (AvgIpc) is 2.59. The number of carbonyl (C=O) groups excluding carboxylic acids is 2. The fraction of sp³-hybridized carbons (Fsp3) is 0.579. The van der Waals surface area contributed by atoms with Crippen molar-refractivity contribution in [2.75, 3.05) is 31.6 Å². The summed E-state index contributed by atoms with van der Waals surface area (Å²) >= 11 is 0. The second-order valence-electron chi connectivity index (χ2n) is 7.97. The van der Waals surface area contributed by atoms with Gasteiger partial charge in [-0.05, 0) is 52.2 Å². The molecule has 1 heterocycles. The molecule has 0 atom stereocenters. The Morgan fingerprint density at radius 2 is 1.85 bits per heavy atom. The minimum atomic E-state index is -0.451. The predicted octanol–water partition coefficient (Wildman–Crippen LogP) is 2.57. The summed E-state index contributed by atoms with van der Waals surface area (Å²) in [7, 11) is 1.51. The number of amides is 2. The molecule has 1 fully saturated rings. The van der Waals surface area contributed by atoms with Crippen molar-refractivity contribution in [1.82, 2.24) is 10.2 Å². The Kier molecular flexibility index (Phi) is 6.41. The third-order valence-corrected chi connectivity index (χ3v) is 4.36. The zero-order valence-electron chi connectivity index (χ0n) is 16.4. The lowest BCUT2D eigenvalue weighted by Gasteiger charge is -2.28. The molecule has 1 aromatic rings. The SMILES string of the molecule is CN(CC(=O)NC(C)(C)C)C(=O)c1ccc(N2CCCCC2)c([N+](=O)[O-])c1. The van der Waals surface area contributed by atoms with Crippen molar-refractivity contribution >= 4 is 23.2 Å². The van der Waals surface area contributed by atoms with E-state index in [-0.39, 0.29) is 23.7 Å². The highest BCUT2D eigenvalue weighted by atomic mass is 16.6. The number of carbonyl (C=O) groups is 2. The first-order valence-electron chi connectivity index (χ1n) is 9.18. The second kappa shape index (κ2) is 8.37. The van der Waals surface area contributed by atoms with Crippen LogP contribution < -0.4 is 10.2 Å². The Morgan fingerprint density at radius 1 is 1.22 bits per heavy atom. The molecule has 0 radical (unpaired) electrons. The van der Waals surface area contributed by atoms with Crippen molar-refractivity contribution in [3.8, 4) is 0 Å². The second-order valence-corrected chi connectivity index (χ2v) is 7.97. The smallest absolute Gasteiger partial charge is 0.293 e. The number of nitrogens with zero attached hydrogens (tertiary/aromatic N) is 3. The van der Waals surface area contributed by atoms with Gasteiger partial charge in [-0.15, -0.1) is 0 Å². The lowest BCUT2D eigenvalue weighted by molar-refractivity contribution is -0.384. The summed E-state index contributed by atoms with van der Waals surface area (Å²) in [6, 6.07) is 4.54. The highest BCUT2D eigenvalue weighted by Gasteiger charge is 2.25. The lowest BCUT2D eigenvalue weighted by Crippen LogP contribution is -2.46. The summed E-state index contributed by atoms with van der Waals surface area (Å²) in [6.45, 7) is 7.01. The number of hydrogen-bond acceptors (Lipinski definition) is 5. The number of rotatable bonds is 5. The van der Waals surface area contributed by atoms with Gasteiger partial charge in [-0.2, -0.15) is 0 Å². The van der Waals surface area contributed by atoms with E-state index in [4.69, 9.17) is 0 Å². The molecular formula is C19H28N4O4. The molecule has 8 heteroatoms. The van der Waals surface area contributed by atoms with Crippen LogP contribution in [0.25, 0.3) is 0 Å². The Labute approximate surface area is 159 Å². The van der Waals surface area contributed by atoms with Crippen LogP contribution in [0.2, 0.25) is 0 Å². The zero-order valence-corrected chi connectivity index (χ0v) is 16.4. The maximum atomic E-state index is 12.6. The van der Waals surface area contributed by atoms with Crippen LogP contribution in [0.5, 0.6) is 0 Å². The number of nitro benzene ring substituents is 1. The van der Waals surface area contributed by atoms with E-state index in [1.54, 1.807) is 12.1 Å². The summed E-state index contributed by atoms with van der Waals surface area (Å²) in [5.41, 5.74) is 0.281. The van der Waals surface area contributed by atoms with E-state index in [1.807, 2.05) is 25.7 Å². The van der Waals surface area contributed by atoms with Gasteiger partial charge >= 0.3 is 0 Å². The first kappa shape index (κ1) is 20.7. The molecule has 1 aromatic carbocycles. The first-order valence-corrected chi connectivity index (χ1v) is 9.18. The van der Waals surface area contributed by atoms with Gasteiger partial charge in [-0.1, -0.05) is 0 Å². The van der Waals surface area contributed by atoms with Crippen molar-refractivity contribution in [1.29, 1.82) is 0 Å². The maximum Gasteiger partial charge on any atom is 0.293 e. The number of nitrogens with one attached hydrogen (secondary N) is 1. The van der Waals surface area contributed by atoms with Crippen LogP contribution in [0.1, 0.15) is 50.4 Å². The summed E-state index contributed by atoms with van der Waals surface area (Å²) in [4.78, 5) is 39.0. The molecule has 0 bridgehead atoms. The number of hydrogen-bond donors (Lipinski definition) is 1. The van der Waals surface area contributed by atoms with Crippen LogP contribution in [-0.2, 0) is 4.79 Å². The Bertz CT molecular complexity index is 721. The molecule has 1 aliphatic heterocycles. The molecule has 0 saturated carbocycles. The lowest BCUT2D eigenvalue weighted by atomic mass is 10.1. The zero-order chi connectivity index (χ0) is 20.2. The normalized spacial score (nSPS) is 14.6. The molecule has 8 nitrogen and oxygen atoms in total. The number of likely N-dealkylation sites (N-methyl/N-ethyl adjacent to an activating group) is 1. The number of anilines is 1. The molecule has 0 aliphatic carbocycles. The number of nitro groups is 1. The molecular weight excluding hydrogens is 348 g/mol. The van der Waals surface area contributed by atoms with Crippen LogP contribution in [0, 0.1) is 10.1 Å². The van der Waals surface area contributed by atoms with E-state index in [9.17, 15) is 19.7 Å². The van der Waals surface area contributed by atoms with Crippen molar-refractivity contribution in [2.24, 2.45) is 0 Å². The Balaban J connectivity index is 2.17. The van der Waals surface area contributed by atoms with Gasteiger partial charge < -0.3 is 15.1 Å². The fourth-order valence-electron chi connectivity index (χ4n) is 3.17. The van der Waals surface area contributed by atoms with Crippen molar-refractivity contribution in [2.45, 2.75) is 45.6 Å². The predicted molar refractivity (Wildman–Crippen MR) is 104 cm³/mol. The van der Waals surface area contributed by atoms with Gasteiger partial charge in [0, 0.05) is 37.3 Å². The molecule has 148 valence electrons. The third-order valence-electron chi connectivity index (χ3n) is 4.36. The highest BCUT2D eigenvalue weighted by Crippen LogP contribution is 2.31. The first-order chi connectivity index (χ1) is 12.6. The maximum absolute atomic E-state index is 12.6. The standard InChI is InChI=1S/C19H28N4O4/c1-19(2,3)20-17(24)13-21(4)18(25)14-8-9-15(16(12-14)23(26)27)22-10-6-5-7-11-22/h8-9,12H,5-7,10-11,13H2,1-4H3,(H,20,24). The number of benzene rings is 1. The van der Waals surface area contributed by atoms with Crippen LogP contribution in [0.3, 0.4) is 0 Å². The van der Waals surface area contributed by atoms with Crippen molar-refractivity contribution in [3.05, 3.63) is 33.9 Å². The summed E-state index contributed by atoms with van der Waals surface area (Å²) in [5.74, 6) is -0.704. The van der Waals surface area contributed by atoms with E-state index in [2.05, 4.69) is 5.32 Å². The molecule has 2 amide bonds. The van der Waals surface area contributed by atoms with Gasteiger partial charge in [-0.25, -0.2) is 0 Å². The van der Waals surface area contributed by atoms with Crippen molar-refractivity contribution in [3.63, 3.8) is 0 Å².